The van der Waals surface area contributed by atoms with Crippen molar-refractivity contribution in [3.63, 3.8) is 0 Å². The van der Waals surface area contributed by atoms with E-state index < -0.39 is 0 Å². The number of hydrogen-bond acceptors (Lipinski definition) is 3. The van der Waals surface area contributed by atoms with Gasteiger partial charge in [0, 0.05) is 6.42 Å². The summed E-state index contributed by atoms with van der Waals surface area (Å²) in [6.07, 6.45) is 4.96. The third kappa shape index (κ3) is 3.91. The molecule has 0 unspecified atom stereocenters. The molecule has 1 amide bonds. The summed E-state index contributed by atoms with van der Waals surface area (Å²) >= 11 is 7.51. The van der Waals surface area contributed by atoms with Crippen LogP contribution in [0.15, 0.2) is 18.2 Å². The molecule has 0 aliphatic carbocycles. The quantitative estimate of drug-likeness (QED) is 0.774. The summed E-state index contributed by atoms with van der Waals surface area (Å²) in [7, 11) is 0. The molecule has 0 bridgehead atoms. The van der Waals surface area contributed by atoms with Gasteiger partial charge in [-0.15, -0.1) is 0 Å². The van der Waals surface area contributed by atoms with Gasteiger partial charge in [0.15, 0.2) is 5.13 Å². The molecule has 0 saturated carbocycles. The van der Waals surface area contributed by atoms with Crippen LogP contribution < -0.4 is 5.32 Å². The Kier molecular flexibility index (Phi) is 5.16. The highest BCUT2D eigenvalue weighted by Gasteiger charge is 2.09. The maximum atomic E-state index is 11.8. The monoisotopic (exact) mass is 296 g/mol. The summed E-state index contributed by atoms with van der Waals surface area (Å²) in [5.74, 6) is 0.0336. The number of benzene rings is 1. The highest BCUT2D eigenvalue weighted by Crippen LogP contribution is 2.30. The number of nitrogens with zero attached hydrogens (tertiary/aromatic N) is 1. The second-order valence-electron chi connectivity index (χ2n) is 4.46. The molecule has 0 saturated heterocycles. The molecule has 5 heteroatoms. The molecule has 2 rings (SSSR count). The van der Waals surface area contributed by atoms with E-state index >= 15 is 0 Å². The van der Waals surface area contributed by atoms with Gasteiger partial charge in [0.05, 0.1) is 9.72 Å². The number of nitrogens with one attached hydrogen (secondary N) is 1. The Balaban J connectivity index is 1.94. The van der Waals surface area contributed by atoms with Crippen molar-refractivity contribution in [2.24, 2.45) is 0 Å². The summed E-state index contributed by atoms with van der Waals surface area (Å²) in [5, 5.41) is 4.10. The predicted octanol–water partition coefficient (Wildman–Crippen LogP) is 4.86. The molecule has 1 aromatic carbocycles. The van der Waals surface area contributed by atoms with Crippen LogP contribution in [0.25, 0.3) is 10.2 Å². The molecule has 3 nitrogen and oxygen atoms in total. The topological polar surface area (TPSA) is 42.0 Å². The molecule has 1 N–H and O–H groups in total. The number of amides is 1. The molecule has 0 atom stereocenters. The number of halogens is 1. The number of para-hydroxylation sites is 1. The zero-order chi connectivity index (χ0) is 13.7. The molecule has 0 spiro atoms. The van der Waals surface area contributed by atoms with Gasteiger partial charge < -0.3 is 5.32 Å². The van der Waals surface area contributed by atoms with E-state index in [1.807, 2.05) is 12.1 Å². The summed E-state index contributed by atoms with van der Waals surface area (Å²) in [6, 6.07) is 5.65. The minimum atomic E-state index is 0.0336. The van der Waals surface area contributed by atoms with E-state index in [9.17, 15) is 4.79 Å². The van der Waals surface area contributed by atoms with Crippen LogP contribution in [0.5, 0.6) is 0 Å². The van der Waals surface area contributed by atoms with E-state index in [1.54, 1.807) is 6.07 Å². The third-order valence-corrected chi connectivity index (χ3v) is 4.11. The molecule has 2 aromatic rings. The summed E-state index contributed by atoms with van der Waals surface area (Å²) in [4.78, 5) is 16.1. The molecule has 0 aliphatic rings. The fraction of sp³-hybridized carbons (Fsp3) is 0.429. The second kappa shape index (κ2) is 6.87. The molecular weight excluding hydrogens is 280 g/mol. The van der Waals surface area contributed by atoms with Gasteiger partial charge in [-0.1, -0.05) is 55.2 Å². The molecule has 1 heterocycles. The number of rotatable bonds is 6. The average molecular weight is 297 g/mol. The number of fused-ring (bicyclic) bond motifs is 1. The molecule has 0 fully saturated rings. The van der Waals surface area contributed by atoms with E-state index in [0.29, 0.717) is 16.6 Å². The number of unbranched alkanes of at least 4 members (excludes halogenated alkanes) is 3. The van der Waals surface area contributed by atoms with Crippen molar-refractivity contribution in [2.45, 2.75) is 39.0 Å². The largest absolute Gasteiger partial charge is 0.302 e. The smallest absolute Gasteiger partial charge is 0.226 e. The van der Waals surface area contributed by atoms with Gasteiger partial charge in [-0.25, -0.2) is 4.98 Å². The maximum absolute atomic E-state index is 11.8. The van der Waals surface area contributed by atoms with Crippen molar-refractivity contribution in [1.29, 1.82) is 0 Å². The van der Waals surface area contributed by atoms with Crippen molar-refractivity contribution in [1.82, 2.24) is 4.98 Å². The first-order chi connectivity index (χ1) is 9.20. The number of carbonyl (C=O) groups is 1. The molecule has 0 aliphatic heterocycles. The first-order valence-electron chi connectivity index (χ1n) is 6.55. The third-order valence-electron chi connectivity index (χ3n) is 2.87. The van der Waals surface area contributed by atoms with Crippen LogP contribution in [0.1, 0.15) is 39.0 Å². The zero-order valence-electron chi connectivity index (χ0n) is 10.9. The van der Waals surface area contributed by atoms with Crippen molar-refractivity contribution >= 4 is 44.2 Å². The van der Waals surface area contributed by atoms with Crippen LogP contribution in [0, 0.1) is 0 Å². The molecular formula is C14H17ClN2OS. The Hall–Kier alpha value is -1.13. The predicted molar refractivity (Wildman–Crippen MR) is 82.0 cm³/mol. The lowest BCUT2D eigenvalue weighted by Crippen LogP contribution is -2.10. The van der Waals surface area contributed by atoms with Gasteiger partial charge in [0.2, 0.25) is 5.91 Å². The van der Waals surface area contributed by atoms with Crippen LogP contribution in [-0.2, 0) is 4.79 Å². The summed E-state index contributed by atoms with van der Waals surface area (Å²) in [5.41, 5.74) is 0.760. The van der Waals surface area contributed by atoms with Crippen LogP contribution in [0.2, 0.25) is 5.02 Å². The number of anilines is 1. The highest BCUT2D eigenvalue weighted by molar-refractivity contribution is 7.22. The van der Waals surface area contributed by atoms with Crippen LogP contribution >= 0.6 is 22.9 Å². The zero-order valence-corrected chi connectivity index (χ0v) is 12.5. The number of carbonyl (C=O) groups excluding carboxylic acids is 1. The van der Waals surface area contributed by atoms with Gasteiger partial charge >= 0.3 is 0 Å². The Morgan fingerprint density at radius 1 is 1.37 bits per heavy atom. The van der Waals surface area contributed by atoms with Crippen molar-refractivity contribution < 1.29 is 4.79 Å². The van der Waals surface area contributed by atoms with E-state index in [-0.39, 0.29) is 5.91 Å². The van der Waals surface area contributed by atoms with E-state index in [1.165, 1.54) is 24.2 Å². The lowest BCUT2D eigenvalue weighted by molar-refractivity contribution is -0.116. The van der Waals surface area contributed by atoms with Crippen molar-refractivity contribution in [2.75, 3.05) is 5.32 Å². The Labute approximate surface area is 122 Å². The Morgan fingerprint density at radius 2 is 2.21 bits per heavy atom. The van der Waals surface area contributed by atoms with Gasteiger partial charge in [-0.05, 0) is 18.6 Å². The van der Waals surface area contributed by atoms with E-state index in [0.717, 1.165) is 23.1 Å². The average Bonchev–Trinajstić information content (AvgIpc) is 2.79. The molecule has 19 heavy (non-hydrogen) atoms. The minimum Gasteiger partial charge on any atom is -0.302 e. The SMILES string of the molecule is CCCCCCC(=O)Nc1nc2c(Cl)cccc2s1. The van der Waals surface area contributed by atoms with Crippen LogP contribution in [-0.4, -0.2) is 10.9 Å². The van der Waals surface area contributed by atoms with Crippen molar-refractivity contribution in [3.05, 3.63) is 23.2 Å². The Morgan fingerprint density at radius 3 is 2.95 bits per heavy atom. The van der Waals surface area contributed by atoms with Crippen LogP contribution in [0.3, 0.4) is 0 Å². The minimum absolute atomic E-state index is 0.0336. The van der Waals surface area contributed by atoms with E-state index in [4.69, 9.17) is 11.6 Å². The summed E-state index contributed by atoms with van der Waals surface area (Å²) in [6.45, 7) is 2.16. The molecule has 0 radical (unpaired) electrons. The fourth-order valence-electron chi connectivity index (χ4n) is 1.86. The summed E-state index contributed by atoms with van der Waals surface area (Å²) < 4.78 is 0.994. The fourth-order valence-corrected chi connectivity index (χ4v) is 3.04. The van der Waals surface area contributed by atoms with Gasteiger partial charge in [-0.3, -0.25) is 4.79 Å². The Bertz CT molecular complexity index is 568. The van der Waals surface area contributed by atoms with Crippen molar-refractivity contribution in [3.8, 4) is 0 Å². The number of hydrogen-bond donors (Lipinski definition) is 1. The number of aromatic nitrogens is 1. The lowest BCUT2D eigenvalue weighted by Gasteiger charge is -2.00. The van der Waals surface area contributed by atoms with Gasteiger partial charge in [-0.2, -0.15) is 0 Å². The van der Waals surface area contributed by atoms with Gasteiger partial charge in [0.1, 0.15) is 5.52 Å². The highest BCUT2D eigenvalue weighted by atomic mass is 35.5. The molecule has 102 valence electrons. The maximum Gasteiger partial charge on any atom is 0.226 e. The first kappa shape index (κ1) is 14.3. The van der Waals surface area contributed by atoms with Crippen LogP contribution in [0.4, 0.5) is 5.13 Å². The van der Waals surface area contributed by atoms with E-state index in [2.05, 4.69) is 17.2 Å². The number of thiazole rings is 1. The second-order valence-corrected chi connectivity index (χ2v) is 5.90. The standard InChI is InChI=1S/C14H17ClN2OS/c1-2-3-4-5-9-12(18)16-14-17-13-10(15)7-6-8-11(13)19-14/h6-8H,2-5,9H2,1H3,(H,16,17,18). The first-order valence-corrected chi connectivity index (χ1v) is 7.75. The molecule has 1 aromatic heterocycles. The van der Waals surface area contributed by atoms with Gasteiger partial charge in [0.25, 0.3) is 0 Å². The normalized spacial score (nSPS) is 10.8. The lowest BCUT2D eigenvalue weighted by atomic mass is 10.1.